The number of hydrogen-bond donors (Lipinski definition) is 1. The van der Waals surface area contributed by atoms with Crippen molar-refractivity contribution >= 4 is 11.6 Å². The van der Waals surface area contributed by atoms with Crippen LogP contribution in [0.4, 0.5) is 14.5 Å². The zero-order valence-corrected chi connectivity index (χ0v) is 13.5. The van der Waals surface area contributed by atoms with Crippen LogP contribution in [0.2, 0.25) is 0 Å². The molecule has 0 aliphatic heterocycles. The molecule has 0 spiro atoms. The largest absolute Gasteiger partial charge is 0.323 e. The maximum absolute atomic E-state index is 13.6. The molecule has 2 aromatic rings. The van der Waals surface area contributed by atoms with Crippen LogP contribution in [0.3, 0.4) is 0 Å². The van der Waals surface area contributed by atoms with Gasteiger partial charge >= 0.3 is 0 Å². The number of halogens is 2. The van der Waals surface area contributed by atoms with Gasteiger partial charge in [0.2, 0.25) is 5.91 Å². The molecule has 126 valence electrons. The van der Waals surface area contributed by atoms with E-state index in [4.69, 9.17) is 0 Å². The topological polar surface area (TPSA) is 29.1 Å². The molecule has 1 amide bonds. The fraction of sp³-hybridized carbons (Fsp3) is 0.350. The van der Waals surface area contributed by atoms with E-state index in [0.717, 1.165) is 31.7 Å². The summed E-state index contributed by atoms with van der Waals surface area (Å²) >= 11 is 0. The van der Waals surface area contributed by atoms with Gasteiger partial charge in [-0.25, -0.2) is 8.78 Å². The minimum atomic E-state index is -1.00. The third-order valence-electron chi connectivity index (χ3n) is 4.82. The van der Waals surface area contributed by atoms with Crippen LogP contribution in [0.5, 0.6) is 0 Å². The van der Waals surface area contributed by atoms with Gasteiger partial charge in [-0.2, -0.15) is 0 Å². The molecule has 0 unspecified atom stereocenters. The molecule has 0 radical (unpaired) electrons. The minimum Gasteiger partial charge on any atom is -0.323 e. The lowest BCUT2D eigenvalue weighted by Crippen LogP contribution is -2.21. The summed E-state index contributed by atoms with van der Waals surface area (Å²) in [4.78, 5) is 12.1. The van der Waals surface area contributed by atoms with E-state index in [0.29, 0.717) is 18.3 Å². The maximum Gasteiger partial charge on any atom is 0.224 e. The zero-order chi connectivity index (χ0) is 16.9. The molecule has 1 fully saturated rings. The van der Waals surface area contributed by atoms with E-state index in [2.05, 4.69) is 29.6 Å². The van der Waals surface area contributed by atoms with Crippen molar-refractivity contribution in [2.45, 2.75) is 38.0 Å². The second-order valence-corrected chi connectivity index (χ2v) is 6.48. The number of amides is 1. The monoisotopic (exact) mass is 329 g/mol. The summed E-state index contributed by atoms with van der Waals surface area (Å²) in [5.41, 5.74) is 1.28. The number of anilines is 1. The van der Waals surface area contributed by atoms with Crippen LogP contribution in [-0.2, 0) is 4.79 Å². The Bertz CT molecular complexity index is 694. The van der Waals surface area contributed by atoms with E-state index in [-0.39, 0.29) is 11.6 Å². The highest BCUT2D eigenvalue weighted by Crippen LogP contribution is 2.37. The summed E-state index contributed by atoms with van der Waals surface area (Å²) in [5.74, 6) is -1.33. The highest BCUT2D eigenvalue weighted by Gasteiger charge is 2.24. The molecular formula is C20H21F2NO. The van der Waals surface area contributed by atoms with Gasteiger partial charge in [0.05, 0.1) is 5.69 Å². The van der Waals surface area contributed by atoms with E-state index in [1.54, 1.807) is 0 Å². The van der Waals surface area contributed by atoms with E-state index in [9.17, 15) is 13.6 Å². The molecule has 24 heavy (non-hydrogen) atoms. The number of nitrogens with one attached hydrogen (secondary N) is 1. The molecule has 0 bridgehead atoms. The number of carbonyl (C=O) groups excluding carboxylic acids is 1. The van der Waals surface area contributed by atoms with Gasteiger partial charge in [0.1, 0.15) is 0 Å². The van der Waals surface area contributed by atoms with E-state index >= 15 is 0 Å². The Kier molecular flexibility index (Phi) is 5.24. The summed E-state index contributed by atoms with van der Waals surface area (Å²) in [7, 11) is 0. The Labute approximate surface area is 140 Å². The van der Waals surface area contributed by atoms with E-state index < -0.39 is 11.6 Å². The Morgan fingerprint density at radius 2 is 1.67 bits per heavy atom. The van der Waals surface area contributed by atoms with Crippen LogP contribution >= 0.6 is 0 Å². The van der Waals surface area contributed by atoms with Crippen molar-refractivity contribution in [3.05, 3.63) is 65.7 Å². The predicted molar refractivity (Wildman–Crippen MR) is 90.7 cm³/mol. The first kappa shape index (κ1) is 16.6. The smallest absolute Gasteiger partial charge is 0.224 e. The zero-order valence-electron chi connectivity index (χ0n) is 13.5. The van der Waals surface area contributed by atoms with Crippen molar-refractivity contribution in [2.75, 3.05) is 5.32 Å². The molecule has 4 heteroatoms. The fourth-order valence-electron chi connectivity index (χ4n) is 3.49. The molecule has 0 aromatic heterocycles. The van der Waals surface area contributed by atoms with Gasteiger partial charge in [0, 0.05) is 6.42 Å². The van der Waals surface area contributed by atoms with Crippen LogP contribution in [0.1, 0.15) is 43.6 Å². The quantitative estimate of drug-likeness (QED) is 0.813. The normalized spacial score (nSPS) is 20.6. The molecule has 1 saturated carbocycles. The summed E-state index contributed by atoms with van der Waals surface area (Å²) in [5, 5.41) is 2.49. The van der Waals surface area contributed by atoms with Crippen molar-refractivity contribution in [1.29, 1.82) is 0 Å². The number of benzene rings is 2. The molecule has 1 N–H and O–H groups in total. The number of carbonyl (C=O) groups is 1. The van der Waals surface area contributed by atoms with Crippen molar-refractivity contribution in [1.82, 2.24) is 0 Å². The van der Waals surface area contributed by atoms with Crippen LogP contribution in [0.15, 0.2) is 48.5 Å². The lowest BCUT2D eigenvalue weighted by Gasteiger charge is -2.28. The number of rotatable bonds is 4. The molecule has 3 rings (SSSR count). The Hall–Kier alpha value is -2.23. The standard InChI is InChI=1S/C20H21F2NO/c21-17-7-4-8-18(20(17)22)23-19(24)13-14-9-11-16(12-10-14)15-5-2-1-3-6-15/h1-8,14,16H,9-13H2,(H,23,24). The molecule has 2 aromatic carbocycles. The second-order valence-electron chi connectivity index (χ2n) is 6.48. The average Bonchev–Trinajstić information content (AvgIpc) is 2.60. The third kappa shape index (κ3) is 3.99. The summed E-state index contributed by atoms with van der Waals surface area (Å²) in [6.07, 6.45) is 4.46. The minimum absolute atomic E-state index is 0.0852. The van der Waals surface area contributed by atoms with Gasteiger partial charge in [-0.3, -0.25) is 4.79 Å². The van der Waals surface area contributed by atoms with Gasteiger partial charge in [-0.15, -0.1) is 0 Å². The molecule has 1 aliphatic rings. The predicted octanol–water partition coefficient (Wildman–Crippen LogP) is 5.27. The van der Waals surface area contributed by atoms with Crippen LogP contribution in [0, 0.1) is 17.6 Å². The average molecular weight is 329 g/mol. The molecule has 0 saturated heterocycles. The Balaban J connectivity index is 1.51. The van der Waals surface area contributed by atoms with E-state index in [1.165, 1.54) is 17.7 Å². The first-order valence-corrected chi connectivity index (χ1v) is 8.42. The molecular weight excluding hydrogens is 308 g/mol. The highest BCUT2D eigenvalue weighted by molar-refractivity contribution is 5.90. The molecule has 2 nitrogen and oxygen atoms in total. The van der Waals surface area contributed by atoms with E-state index in [1.807, 2.05) is 6.07 Å². The summed E-state index contributed by atoms with van der Waals surface area (Å²) < 4.78 is 26.8. The van der Waals surface area contributed by atoms with Crippen LogP contribution in [-0.4, -0.2) is 5.91 Å². The first-order valence-electron chi connectivity index (χ1n) is 8.42. The SMILES string of the molecule is O=C(CC1CCC(c2ccccc2)CC1)Nc1cccc(F)c1F. The van der Waals surface area contributed by atoms with Gasteiger partial charge in [0.25, 0.3) is 0 Å². The maximum atomic E-state index is 13.6. The lowest BCUT2D eigenvalue weighted by atomic mass is 9.77. The molecule has 0 atom stereocenters. The number of hydrogen-bond acceptors (Lipinski definition) is 1. The van der Waals surface area contributed by atoms with Crippen molar-refractivity contribution in [3.63, 3.8) is 0 Å². The Morgan fingerprint density at radius 3 is 2.38 bits per heavy atom. The molecule has 1 aliphatic carbocycles. The van der Waals surface area contributed by atoms with Gasteiger partial charge in [0.15, 0.2) is 11.6 Å². The lowest BCUT2D eigenvalue weighted by molar-refractivity contribution is -0.117. The summed E-state index contributed by atoms with van der Waals surface area (Å²) in [6, 6.07) is 14.3. The van der Waals surface area contributed by atoms with Gasteiger partial charge in [-0.1, -0.05) is 36.4 Å². The Morgan fingerprint density at radius 1 is 0.958 bits per heavy atom. The second kappa shape index (κ2) is 7.56. The van der Waals surface area contributed by atoms with Crippen molar-refractivity contribution < 1.29 is 13.6 Å². The third-order valence-corrected chi connectivity index (χ3v) is 4.82. The van der Waals surface area contributed by atoms with Crippen LogP contribution < -0.4 is 5.32 Å². The van der Waals surface area contributed by atoms with Gasteiger partial charge < -0.3 is 5.32 Å². The highest BCUT2D eigenvalue weighted by atomic mass is 19.2. The summed E-state index contributed by atoms with van der Waals surface area (Å²) in [6.45, 7) is 0. The van der Waals surface area contributed by atoms with Crippen LogP contribution in [0.25, 0.3) is 0 Å². The van der Waals surface area contributed by atoms with Gasteiger partial charge in [-0.05, 0) is 55.2 Å². The fourth-order valence-corrected chi connectivity index (χ4v) is 3.49. The van der Waals surface area contributed by atoms with Crippen molar-refractivity contribution in [2.24, 2.45) is 5.92 Å². The molecule has 0 heterocycles. The van der Waals surface area contributed by atoms with Crippen molar-refractivity contribution in [3.8, 4) is 0 Å². The first-order chi connectivity index (χ1) is 11.6.